The number of hydrogen-bond donors (Lipinski definition) is 1. The fourth-order valence-electron chi connectivity index (χ4n) is 2.03. The van der Waals surface area contributed by atoms with Crippen molar-refractivity contribution in [2.24, 2.45) is 0 Å². The van der Waals surface area contributed by atoms with E-state index >= 15 is 0 Å². The Morgan fingerprint density at radius 1 is 1.12 bits per heavy atom. The topological polar surface area (TPSA) is 68.3 Å². The van der Waals surface area contributed by atoms with Crippen molar-refractivity contribution < 1.29 is 18.7 Å². The molecule has 0 fully saturated rings. The monoisotopic (exact) mass is 390 g/mol. The zero-order valence-electron chi connectivity index (χ0n) is 13.2. The van der Waals surface area contributed by atoms with E-state index in [4.69, 9.17) is 16.3 Å². The number of aromatic nitrogens is 1. The fraction of sp³-hybridized carbons (Fsp3) is 0.0556. The van der Waals surface area contributed by atoms with Gasteiger partial charge in [-0.25, -0.2) is 14.2 Å². The van der Waals surface area contributed by atoms with Crippen LogP contribution in [0.1, 0.15) is 10.5 Å². The molecule has 0 saturated carbocycles. The molecule has 1 amide bonds. The van der Waals surface area contributed by atoms with E-state index in [1.54, 1.807) is 29.6 Å². The predicted molar refractivity (Wildman–Crippen MR) is 97.9 cm³/mol. The van der Waals surface area contributed by atoms with E-state index in [-0.39, 0.29) is 5.69 Å². The van der Waals surface area contributed by atoms with E-state index in [2.05, 4.69) is 10.3 Å². The first kappa shape index (κ1) is 18.0. The van der Waals surface area contributed by atoms with E-state index in [9.17, 15) is 14.0 Å². The van der Waals surface area contributed by atoms with E-state index in [1.165, 1.54) is 35.6 Å². The van der Waals surface area contributed by atoms with Gasteiger partial charge in [-0.2, -0.15) is 0 Å². The summed E-state index contributed by atoms with van der Waals surface area (Å²) in [5.74, 6) is -1.64. The van der Waals surface area contributed by atoms with Crippen LogP contribution < -0.4 is 5.32 Å². The van der Waals surface area contributed by atoms with Gasteiger partial charge in [-0.15, -0.1) is 11.3 Å². The maximum atomic E-state index is 12.8. The van der Waals surface area contributed by atoms with Crippen molar-refractivity contribution >= 4 is 40.5 Å². The average molecular weight is 391 g/mol. The summed E-state index contributed by atoms with van der Waals surface area (Å²) in [6.45, 7) is -0.468. The number of amides is 1. The number of nitrogens with zero attached hydrogens (tertiary/aromatic N) is 1. The van der Waals surface area contributed by atoms with E-state index in [1.807, 2.05) is 0 Å². The molecule has 0 unspecified atom stereocenters. The quantitative estimate of drug-likeness (QED) is 0.656. The van der Waals surface area contributed by atoms with Gasteiger partial charge in [0.2, 0.25) is 0 Å². The lowest BCUT2D eigenvalue weighted by molar-refractivity contribution is -0.119. The Hall–Kier alpha value is -2.77. The Labute approximate surface area is 157 Å². The van der Waals surface area contributed by atoms with Gasteiger partial charge in [0.15, 0.2) is 12.3 Å². The lowest BCUT2D eigenvalue weighted by atomic mass is 10.2. The van der Waals surface area contributed by atoms with Crippen molar-refractivity contribution in [1.82, 2.24) is 4.98 Å². The third-order valence-corrected chi connectivity index (χ3v) is 4.41. The molecule has 0 radical (unpaired) electrons. The summed E-state index contributed by atoms with van der Waals surface area (Å²) in [6, 6.07) is 12.3. The standard InChI is InChI=1S/C18H12ClFN2O3S/c19-12-3-1-11(2-4-12)17-22-15(10-26-17)18(24)25-9-16(23)21-14-7-5-13(20)6-8-14/h1-8,10H,9H2,(H,21,23). The molecule has 132 valence electrons. The lowest BCUT2D eigenvalue weighted by Gasteiger charge is -2.05. The third kappa shape index (κ3) is 4.65. The number of anilines is 1. The molecule has 0 aliphatic carbocycles. The summed E-state index contributed by atoms with van der Waals surface area (Å²) in [7, 11) is 0. The number of rotatable bonds is 5. The summed E-state index contributed by atoms with van der Waals surface area (Å²) in [6.07, 6.45) is 0. The highest BCUT2D eigenvalue weighted by atomic mass is 35.5. The first-order valence-electron chi connectivity index (χ1n) is 7.45. The van der Waals surface area contributed by atoms with Crippen molar-refractivity contribution in [1.29, 1.82) is 0 Å². The highest BCUT2D eigenvalue weighted by molar-refractivity contribution is 7.13. The highest BCUT2D eigenvalue weighted by Gasteiger charge is 2.15. The molecule has 3 aromatic rings. The van der Waals surface area contributed by atoms with Crippen molar-refractivity contribution in [2.75, 3.05) is 11.9 Å². The van der Waals surface area contributed by atoms with E-state index in [0.29, 0.717) is 15.7 Å². The molecular formula is C18H12ClFN2O3S. The summed E-state index contributed by atoms with van der Waals surface area (Å²) >= 11 is 7.13. The molecule has 0 bridgehead atoms. The van der Waals surface area contributed by atoms with Crippen LogP contribution in [0.3, 0.4) is 0 Å². The number of hydrogen-bond acceptors (Lipinski definition) is 5. The van der Waals surface area contributed by atoms with Gasteiger partial charge >= 0.3 is 5.97 Å². The van der Waals surface area contributed by atoms with Crippen LogP contribution in [-0.4, -0.2) is 23.5 Å². The molecule has 3 rings (SSSR count). The summed E-state index contributed by atoms with van der Waals surface area (Å²) in [5.41, 5.74) is 1.35. The molecule has 5 nitrogen and oxygen atoms in total. The van der Waals surface area contributed by atoms with E-state index < -0.39 is 24.3 Å². The van der Waals surface area contributed by atoms with Gasteiger partial charge < -0.3 is 10.1 Å². The smallest absolute Gasteiger partial charge is 0.358 e. The molecular weight excluding hydrogens is 379 g/mol. The third-order valence-electron chi connectivity index (χ3n) is 3.27. The van der Waals surface area contributed by atoms with Gasteiger partial charge in [-0.3, -0.25) is 4.79 Å². The second-order valence-corrected chi connectivity index (χ2v) is 6.47. The number of carbonyl (C=O) groups excluding carboxylic acids is 2. The zero-order valence-corrected chi connectivity index (χ0v) is 14.8. The molecule has 1 N–H and O–H groups in total. The number of ether oxygens (including phenoxy) is 1. The van der Waals surface area contributed by atoms with Crippen molar-refractivity contribution in [3.05, 3.63) is 70.4 Å². The first-order chi connectivity index (χ1) is 12.5. The van der Waals surface area contributed by atoms with Crippen LogP contribution in [0.25, 0.3) is 10.6 Å². The normalized spacial score (nSPS) is 10.4. The number of carbonyl (C=O) groups is 2. The minimum atomic E-state index is -0.698. The Bertz CT molecular complexity index is 926. The van der Waals surface area contributed by atoms with Gasteiger partial charge in [0.25, 0.3) is 5.91 Å². The van der Waals surface area contributed by atoms with E-state index in [0.717, 1.165) is 5.56 Å². The SMILES string of the molecule is O=C(COC(=O)c1csc(-c2ccc(Cl)cc2)n1)Nc1ccc(F)cc1. The Balaban J connectivity index is 1.55. The second-order valence-electron chi connectivity index (χ2n) is 5.18. The number of esters is 1. The summed E-state index contributed by atoms with van der Waals surface area (Å²) in [5, 5.41) is 5.31. The Kier molecular flexibility index (Phi) is 5.60. The minimum Gasteiger partial charge on any atom is -0.451 e. The molecule has 0 atom stereocenters. The van der Waals surface area contributed by atoms with Gasteiger partial charge in [0, 0.05) is 21.7 Å². The number of halogens is 2. The van der Waals surface area contributed by atoms with Crippen molar-refractivity contribution in [3.63, 3.8) is 0 Å². The fourth-order valence-corrected chi connectivity index (χ4v) is 2.95. The predicted octanol–water partition coefficient (Wildman–Crippen LogP) is 4.40. The highest BCUT2D eigenvalue weighted by Crippen LogP contribution is 2.25. The van der Waals surface area contributed by atoms with Crippen molar-refractivity contribution in [3.8, 4) is 10.6 Å². The first-order valence-corrected chi connectivity index (χ1v) is 8.71. The van der Waals surface area contributed by atoms with Crippen LogP contribution >= 0.6 is 22.9 Å². The maximum Gasteiger partial charge on any atom is 0.358 e. The summed E-state index contributed by atoms with van der Waals surface area (Å²) < 4.78 is 17.8. The number of nitrogens with one attached hydrogen (secondary N) is 1. The van der Waals surface area contributed by atoms with Gasteiger partial charge in [0.1, 0.15) is 10.8 Å². The number of benzene rings is 2. The van der Waals surface area contributed by atoms with Crippen LogP contribution in [-0.2, 0) is 9.53 Å². The molecule has 0 spiro atoms. The maximum absolute atomic E-state index is 12.8. The van der Waals surface area contributed by atoms with Crippen molar-refractivity contribution in [2.45, 2.75) is 0 Å². The van der Waals surface area contributed by atoms with Crippen LogP contribution in [0, 0.1) is 5.82 Å². The number of thiazole rings is 1. The molecule has 1 aromatic heterocycles. The molecule has 26 heavy (non-hydrogen) atoms. The van der Waals surface area contributed by atoms with Crippen LogP contribution in [0.2, 0.25) is 5.02 Å². The lowest BCUT2D eigenvalue weighted by Crippen LogP contribution is -2.21. The molecule has 0 saturated heterocycles. The Morgan fingerprint density at radius 3 is 2.50 bits per heavy atom. The average Bonchev–Trinajstić information content (AvgIpc) is 3.12. The molecule has 0 aliphatic heterocycles. The minimum absolute atomic E-state index is 0.120. The molecule has 1 heterocycles. The van der Waals surface area contributed by atoms with Gasteiger partial charge in [-0.05, 0) is 36.4 Å². The zero-order chi connectivity index (χ0) is 18.5. The molecule has 8 heteroatoms. The Morgan fingerprint density at radius 2 is 1.81 bits per heavy atom. The van der Waals surface area contributed by atoms with Crippen LogP contribution in [0.4, 0.5) is 10.1 Å². The van der Waals surface area contributed by atoms with Gasteiger partial charge in [-0.1, -0.05) is 23.7 Å². The molecule has 2 aromatic carbocycles. The van der Waals surface area contributed by atoms with Gasteiger partial charge in [0.05, 0.1) is 0 Å². The second kappa shape index (κ2) is 8.07. The van der Waals surface area contributed by atoms with Crippen LogP contribution in [0.15, 0.2) is 53.9 Å². The molecule has 0 aliphatic rings. The summed E-state index contributed by atoms with van der Waals surface area (Å²) in [4.78, 5) is 28.0. The largest absolute Gasteiger partial charge is 0.451 e. The van der Waals surface area contributed by atoms with Crippen LogP contribution in [0.5, 0.6) is 0 Å².